The molecule has 13 nitrogen and oxygen atoms in total. The van der Waals surface area contributed by atoms with Gasteiger partial charge in [0.15, 0.2) is 8.32 Å². The second-order valence-electron chi connectivity index (χ2n) is 13.5. The normalized spacial score (nSPS) is 25.2. The summed E-state index contributed by atoms with van der Waals surface area (Å²) in [4.78, 5) is 43.5. The van der Waals surface area contributed by atoms with Crippen molar-refractivity contribution in [2.45, 2.75) is 95.0 Å². The standard InChI is InChI=1S/C31H41N3O10SSi/c1-18-9-11-22(12-10-18)45(38,39)34-25-15-33-24-13-21(16-41-46(7,8)30(4,5)6)14-26(42-19(2)35)27(24)23(17-40-29(32)37)31(44-33,28(25)34)43-20(3)36/h9-14,23,25,28H,15-17H2,1-8H3,(H2,32,37)/t23-,25-,28-,31-,34?/m0/s1. The van der Waals surface area contributed by atoms with Gasteiger partial charge in [-0.1, -0.05) is 38.5 Å². The van der Waals surface area contributed by atoms with E-state index in [0.29, 0.717) is 16.8 Å². The van der Waals surface area contributed by atoms with Crippen molar-refractivity contribution in [2.75, 3.05) is 18.2 Å². The lowest BCUT2D eigenvalue weighted by Gasteiger charge is -2.49. The molecule has 5 rings (SSSR count). The fraction of sp³-hybridized carbons (Fsp3) is 0.516. The lowest BCUT2D eigenvalue weighted by molar-refractivity contribution is -0.264. The average Bonchev–Trinajstić information content (AvgIpc) is 3.67. The molecule has 3 aliphatic rings. The van der Waals surface area contributed by atoms with Crippen LogP contribution in [0.4, 0.5) is 10.5 Å². The van der Waals surface area contributed by atoms with E-state index in [1.807, 2.05) is 6.92 Å². The third-order valence-corrected chi connectivity index (χ3v) is 15.5. The van der Waals surface area contributed by atoms with Crippen LogP contribution in [-0.2, 0) is 45.0 Å². The molecule has 0 saturated carbocycles. The fourth-order valence-electron chi connectivity index (χ4n) is 5.86. The largest absolute Gasteiger partial charge is 0.449 e. The van der Waals surface area contributed by atoms with Crippen LogP contribution in [0.2, 0.25) is 18.1 Å². The van der Waals surface area contributed by atoms with Crippen LogP contribution in [0.1, 0.15) is 57.2 Å². The third kappa shape index (κ3) is 6.01. The minimum Gasteiger partial charge on any atom is -0.449 e. The highest BCUT2D eigenvalue weighted by atomic mass is 32.2. The van der Waals surface area contributed by atoms with Crippen LogP contribution in [0.3, 0.4) is 0 Å². The number of fused-ring (bicyclic) bond motifs is 6. The van der Waals surface area contributed by atoms with Gasteiger partial charge in [0.2, 0.25) is 10.0 Å². The van der Waals surface area contributed by atoms with Crippen LogP contribution in [0.25, 0.3) is 0 Å². The summed E-state index contributed by atoms with van der Waals surface area (Å²) in [7, 11) is -6.29. The molecule has 1 unspecified atom stereocenters. The molecule has 46 heavy (non-hydrogen) atoms. The predicted molar refractivity (Wildman–Crippen MR) is 169 cm³/mol. The fourth-order valence-corrected chi connectivity index (χ4v) is 8.62. The molecule has 2 aromatic rings. The number of amides is 1. The molecule has 0 aromatic heterocycles. The number of aryl methyl sites for hydroxylation is 1. The molecule has 2 N–H and O–H groups in total. The molecular formula is C31H41N3O10SSi. The topological polar surface area (TPSA) is 164 Å². The van der Waals surface area contributed by atoms with Crippen molar-refractivity contribution >= 4 is 42.1 Å². The van der Waals surface area contributed by atoms with Gasteiger partial charge in [0.05, 0.1) is 35.7 Å². The van der Waals surface area contributed by atoms with Gasteiger partial charge in [-0.15, -0.1) is 0 Å². The molecule has 2 fully saturated rings. The molecule has 3 aliphatic heterocycles. The lowest BCUT2D eigenvalue weighted by atomic mass is 9.82. The van der Waals surface area contributed by atoms with E-state index in [2.05, 4.69) is 33.9 Å². The van der Waals surface area contributed by atoms with Gasteiger partial charge >= 0.3 is 18.0 Å². The van der Waals surface area contributed by atoms with Crippen LogP contribution in [-0.4, -0.2) is 70.1 Å². The number of nitrogens with zero attached hydrogens (tertiary/aromatic N) is 2. The molecule has 0 radical (unpaired) electrons. The number of nitrogens with two attached hydrogens (primary N) is 1. The summed E-state index contributed by atoms with van der Waals surface area (Å²) >= 11 is 0. The Hall–Kier alpha value is -3.50. The molecule has 5 atom stereocenters. The highest BCUT2D eigenvalue weighted by molar-refractivity contribution is 7.89. The van der Waals surface area contributed by atoms with Crippen molar-refractivity contribution in [1.29, 1.82) is 0 Å². The van der Waals surface area contributed by atoms with E-state index in [0.717, 1.165) is 5.56 Å². The molecule has 2 saturated heterocycles. The minimum absolute atomic E-state index is 0.0585. The van der Waals surface area contributed by atoms with Gasteiger partial charge < -0.3 is 24.4 Å². The van der Waals surface area contributed by atoms with Gasteiger partial charge in [-0.25, -0.2) is 23.1 Å². The van der Waals surface area contributed by atoms with Crippen LogP contribution in [0.5, 0.6) is 5.75 Å². The van der Waals surface area contributed by atoms with E-state index >= 15 is 0 Å². The van der Waals surface area contributed by atoms with E-state index in [-0.39, 0.29) is 28.8 Å². The quantitative estimate of drug-likeness (QED) is 0.176. The van der Waals surface area contributed by atoms with Crippen molar-refractivity contribution in [3.8, 4) is 5.75 Å². The summed E-state index contributed by atoms with van der Waals surface area (Å²) in [5, 5.41) is 1.39. The number of carbonyl (C=O) groups excluding carboxylic acids is 3. The summed E-state index contributed by atoms with van der Waals surface area (Å²) < 4.78 is 52.6. The monoisotopic (exact) mass is 675 g/mol. The second kappa shape index (κ2) is 11.6. The number of anilines is 1. The zero-order valence-corrected chi connectivity index (χ0v) is 29.1. The van der Waals surface area contributed by atoms with Crippen LogP contribution in [0.15, 0.2) is 41.3 Å². The second-order valence-corrected chi connectivity index (χ2v) is 20.1. The Morgan fingerprint density at radius 2 is 1.74 bits per heavy atom. The van der Waals surface area contributed by atoms with Gasteiger partial charge in [0.25, 0.3) is 5.79 Å². The zero-order chi connectivity index (χ0) is 34.0. The SMILES string of the molecule is CC(=O)Oc1cc(CO[Si](C)(C)C(C)(C)C)cc2c1[C@H](COC(N)=O)[C@]1(OC(C)=O)ON2C[C@H]2[C@@H]1N2S(=O)(=O)c1ccc(C)cc1. The van der Waals surface area contributed by atoms with Crippen LogP contribution in [0, 0.1) is 6.92 Å². The van der Waals surface area contributed by atoms with Crippen LogP contribution >= 0.6 is 0 Å². The third-order valence-electron chi connectivity index (χ3n) is 9.13. The number of esters is 2. The van der Waals surface area contributed by atoms with Crippen molar-refractivity contribution in [3.05, 3.63) is 53.1 Å². The first kappa shape index (κ1) is 33.8. The first-order valence-corrected chi connectivity index (χ1v) is 19.3. The number of sulfonamides is 1. The number of rotatable bonds is 9. The Bertz CT molecular complexity index is 1670. The minimum atomic E-state index is -4.09. The van der Waals surface area contributed by atoms with Crippen molar-refractivity contribution in [2.24, 2.45) is 5.73 Å². The first-order chi connectivity index (χ1) is 21.3. The lowest BCUT2D eigenvalue weighted by Crippen LogP contribution is -2.61. The van der Waals surface area contributed by atoms with E-state index in [1.54, 1.807) is 24.3 Å². The van der Waals surface area contributed by atoms with E-state index < -0.39 is 66.8 Å². The Morgan fingerprint density at radius 1 is 1.09 bits per heavy atom. The number of hydroxylamine groups is 1. The van der Waals surface area contributed by atoms with Crippen molar-refractivity contribution in [1.82, 2.24) is 4.31 Å². The van der Waals surface area contributed by atoms with Gasteiger partial charge in [-0.2, -0.15) is 4.31 Å². The summed E-state index contributed by atoms with van der Waals surface area (Å²) in [5.41, 5.74) is 7.67. The number of hydrogen-bond donors (Lipinski definition) is 1. The molecule has 15 heteroatoms. The van der Waals surface area contributed by atoms with Gasteiger partial charge in [0, 0.05) is 19.4 Å². The predicted octanol–water partition coefficient (Wildman–Crippen LogP) is 4.09. The Labute approximate surface area is 270 Å². The van der Waals surface area contributed by atoms with Crippen molar-refractivity contribution in [3.63, 3.8) is 0 Å². The summed E-state index contributed by atoms with van der Waals surface area (Å²) in [6.07, 6.45) is -1.11. The highest BCUT2D eigenvalue weighted by Gasteiger charge is 2.76. The Morgan fingerprint density at radius 3 is 2.30 bits per heavy atom. The van der Waals surface area contributed by atoms with Gasteiger partial charge in [0.1, 0.15) is 18.4 Å². The van der Waals surface area contributed by atoms with Gasteiger partial charge in [-0.3, -0.25) is 9.59 Å². The number of primary amides is 1. The molecule has 0 aliphatic carbocycles. The maximum atomic E-state index is 14.0. The van der Waals surface area contributed by atoms with E-state index in [4.69, 9.17) is 29.2 Å². The summed E-state index contributed by atoms with van der Waals surface area (Å²) in [6, 6.07) is 8.18. The Balaban J connectivity index is 1.66. The number of benzene rings is 2. The van der Waals surface area contributed by atoms with E-state index in [1.165, 1.54) is 35.3 Å². The first-order valence-electron chi connectivity index (χ1n) is 15.0. The smallest absolute Gasteiger partial charge is 0.404 e. The number of hydrogen-bond acceptors (Lipinski definition) is 11. The molecule has 2 bridgehead atoms. The average molecular weight is 676 g/mol. The number of carbonyl (C=O) groups is 3. The molecule has 1 amide bonds. The molecule has 3 heterocycles. The maximum absolute atomic E-state index is 14.0. The highest BCUT2D eigenvalue weighted by Crippen LogP contribution is 2.60. The van der Waals surface area contributed by atoms with Crippen molar-refractivity contribution < 1.29 is 46.3 Å². The van der Waals surface area contributed by atoms with Gasteiger partial charge in [-0.05, 0) is 54.9 Å². The van der Waals surface area contributed by atoms with E-state index in [9.17, 15) is 22.8 Å². The summed E-state index contributed by atoms with van der Waals surface area (Å²) in [5.74, 6) is -4.43. The zero-order valence-electron chi connectivity index (χ0n) is 27.3. The molecule has 2 aromatic carbocycles. The van der Waals surface area contributed by atoms with Crippen LogP contribution < -0.4 is 15.5 Å². The maximum Gasteiger partial charge on any atom is 0.404 e. The molecular weight excluding hydrogens is 635 g/mol. The molecule has 0 spiro atoms. The summed E-state index contributed by atoms with van der Waals surface area (Å²) in [6.45, 7) is 14.7. The number of ether oxygens (including phenoxy) is 3. The molecule has 250 valence electrons. The Kier molecular flexibility index (Phi) is 8.56.